The predicted octanol–water partition coefficient (Wildman–Crippen LogP) is 4.34. The van der Waals surface area contributed by atoms with Gasteiger partial charge >= 0.3 is 0 Å². The molecule has 2 heterocycles. The summed E-state index contributed by atoms with van der Waals surface area (Å²) in [5, 5.41) is 13.5. The Balaban J connectivity index is 0.000000185. The maximum Gasteiger partial charge on any atom is 0.150 e. The summed E-state index contributed by atoms with van der Waals surface area (Å²) in [5.41, 5.74) is 10.9. The second-order valence-corrected chi connectivity index (χ2v) is 8.31. The number of likely N-dealkylation sites (N-methyl/N-ethyl adjacent to an activating group) is 1. The summed E-state index contributed by atoms with van der Waals surface area (Å²) in [4.78, 5) is 24.7. The molecule has 7 heteroatoms. The van der Waals surface area contributed by atoms with Crippen LogP contribution in [0.2, 0.25) is 0 Å². The summed E-state index contributed by atoms with van der Waals surface area (Å²) in [6.07, 6.45) is 2.55. The number of rotatable bonds is 4. The van der Waals surface area contributed by atoms with Crippen molar-refractivity contribution in [1.82, 2.24) is 9.88 Å². The van der Waals surface area contributed by atoms with Gasteiger partial charge in [-0.15, -0.1) is 0 Å². The molecule has 0 aliphatic carbocycles. The molecule has 0 amide bonds. The molecule has 3 aromatic carbocycles. The van der Waals surface area contributed by atoms with Gasteiger partial charge in [0.25, 0.3) is 0 Å². The molecule has 0 unspecified atom stereocenters. The number of carbonyl (C=O) groups excluding carboxylic acids is 2. The zero-order valence-corrected chi connectivity index (χ0v) is 20.8. The van der Waals surface area contributed by atoms with Gasteiger partial charge in [-0.2, -0.15) is 0 Å². The van der Waals surface area contributed by atoms with E-state index < -0.39 is 0 Å². The van der Waals surface area contributed by atoms with Gasteiger partial charge in [-0.1, -0.05) is 42.5 Å². The molecule has 0 saturated carbocycles. The van der Waals surface area contributed by atoms with Crippen LogP contribution in [0.25, 0.3) is 10.9 Å². The molecule has 0 radical (unpaired) electrons. The number of nitrogen functional groups attached to an aromatic ring is 1. The average Bonchev–Trinajstić information content (AvgIpc) is 2.91. The minimum absolute atomic E-state index is 0.0500. The molecule has 0 bridgehead atoms. The van der Waals surface area contributed by atoms with E-state index in [1.165, 1.54) is 5.69 Å². The third kappa shape index (κ3) is 8.61. The Morgan fingerprint density at radius 3 is 2.36 bits per heavy atom. The number of hydrogen-bond acceptors (Lipinski definition) is 7. The summed E-state index contributed by atoms with van der Waals surface area (Å²) in [6.45, 7) is 6.25. The summed E-state index contributed by atoms with van der Waals surface area (Å²) in [6, 6.07) is 25.9. The number of para-hydroxylation sites is 2. The number of hydrogen-bond donors (Lipinski definition) is 3. The number of nitrogens with zero attached hydrogens (tertiary/aromatic N) is 2. The van der Waals surface area contributed by atoms with Gasteiger partial charge in [0.2, 0.25) is 0 Å². The van der Waals surface area contributed by atoms with Crippen molar-refractivity contribution in [2.75, 3.05) is 31.2 Å². The normalized spacial score (nSPS) is 12.4. The van der Waals surface area contributed by atoms with Crippen molar-refractivity contribution in [3.05, 3.63) is 102 Å². The number of pyridine rings is 1. The van der Waals surface area contributed by atoms with E-state index in [1.807, 2.05) is 50.1 Å². The number of aldehydes is 1. The van der Waals surface area contributed by atoms with E-state index in [4.69, 9.17) is 15.6 Å². The number of aromatic nitrogens is 1. The molecule has 1 saturated heterocycles. The summed E-state index contributed by atoms with van der Waals surface area (Å²) >= 11 is 0. The SMILES string of the molecule is C=O.CN1CC(Nc2ccccc2)C1.Cc1cc(C=O)ccc1N.OCc1cccc2cccnc12. The van der Waals surface area contributed by atoms with Crippen LogP contribution in [-0.4, -0.2) is 54.2 Å². The lowest BCUT2D eigenvalue weighted by Gasteiger charge is -2.37. The number of carbonyl (C=O) groups is 2. The zero-order valence-electron chi connectivity index (χ0n) is 20.8. The van der Waals surface area contributed by atoms with E-state index in [1.54, 1.807) is 24.4 Å². The second-order valence-electron chi connectivity index (χ2n) is 8.31. The minimum atomic E-state index is 0.0500. The van der Waals surface area contributed by atoms with Gasteiger partial charge in [0.1, 0.15) is 13.1 Å². The fourth-order valence-electron chi connectivity index (χ4n) is 3.63. The van der Waals surface area contributed by atoms with Crippen LogP contribution in [0.4, 0.5) is 11.4 Å². The van der Waals surface area contributed by atoms with Crippen molar-refractivity contribution in [2.24, 2.45) is 0 Å². The quantitative estimate of drug-likeness (QED) is 0.291. The zero-order chi connectivity index (χ0) is 26.3. The van der Waals surface area contributed by atoms with E-state index in [9.17, 15) is 4.79 Å². The van der Waals surface area contributed by atoms with E-state index in [-0.39, 0.29) is 6.61 Å². The maximum atomic E-state index is 10.2. The van der Waals surface area contributed by atoms with Gasteiger partial charge < -0.3 is 25.9 Å². The Labute approximate surface area is 212 Å². The van der Waals surface area contributed by atoms with Gasteiger partial charge in [0, 0.05) is 47.2 Å². The van der Waals surface area contributed by atoms with Gasteiger partial charge in [-0.25, -0.2) is 0 Å². The van der Waals surface area contributed by atoms with Crippen molar-refractivity contribution >= 4 is 35.4 Å². The van der Waals surface area contributed by atoms with E-state index in [2.05, 4.69) is 46.5 Å². The lowest BCUT2D eigenvalue weighted by atomic mass is 10.1. The summed E-state index contributed by atoms with van der Waals surface area (Å²) < 4.78 is 0. The molecule has 1 aliphatic rings. The Morgan fingerprint density at radius 1 is 1.06 bits per heavy atom. The minimum Gasteiger partial charge on any atom is -0.399 e. The van der Waals surface area contributed by atoms with Gasteiger partial charge in [0.05, 0.1) is 18.2 Å². The van der Waals surface area contributed by atoms with Crippen LogP contribution in [0.5, 0.6) is 0 Å². The Kier molecular flexibility index (Phi) is 11.8. The smallest absolute Gasteiger partial charge is 0.150 e. The first kappa shape index (κ1) is 28.2. The standard InChI is InChI=1S/C10H14N2.C10H9NO.C8H9NO.CH2O/c1-12-7-10(8-12)11-9-5-3-2-4-6-9;12-7-9-4-1-3-8-5-2-6-11-10(8)9;1-6-4-7(5-10)2-3-8(6)9;1-2/h2-6,10-11H,7-8H2,1H3;1-6,12H,7H2;2-5H,9H2,1H3;1H2. The van der Waals surface area contributed by atoms with Crippen molar-refractivity contribution in [1.29, 1.82) is 0 Å². The topological polar surface area (TPSA) is 109 Å². The number of benzene rings is 3. The molecular weight excluding hydrogens is 452 g/mol. The van der Waals surface area contributed by atoms with Crippen molar-refractivity contribution in [2.45, 2.75) is 19.6 Å². The molecule has 1 fully saturated rings. The maximum absolute atomic E-state index is 10.2. The molecule has 36 heavy (non-hydrogen) atoms. The second kappa shape index (κ2) is 15.0. The van der Waals surface area contributed by atoms with Gasteiger partial charge in [-0.3, -0.25) is 9.78 Å². The van der Waals surface area contributed by atoms with Crippen LogP contribution in [0.3, 0.4) is 0 Å². The molecule has 4 N–H and O–H groups in total. The molecule has 0 atom stereocenters. The highest BCUT2D eigenvalue weighted by Gasteiger charge is 2.22. The first-order chi connectivity index (χ1) is 17.5. The molecule has 5 rings (SSSR count). The monoisotopic (exact) mass is 486 g/mol. The third-order valence-corrected chi connectivity index (χ3v) is 5.53. The Bertz CT molecular complexity index is 1210. The first-order valence-corrected chi connectivity index (χ1v) is 11.5. The lowest BCUT2D eigenvalue weighted by Crippen LogP contribution is -2.52. The van der Waals surface area contributed by atoms with E-state index >= 15 is 0 Å². The summed E-state index contributed by atoms with van der Waals surface area (Å²) in [7, 11) is 2.14. The van der Waals surface area contributed by atoms with Gasteiger partial charge in [0.15, 0.2) is 0 Å². The highest BCUT2D eigenvalue weighted by Crippen LogP contribution is 2.15. The Morgan fingerprint density at radius 2 is 1.75 bits per heavy atom. The highest BCUT2D eigenvalue weighted by molar-refractivity contribution is 5.81. The number of likely N-dealkylation sites (tertiary alicyclic amines) is 1. The summed E-state index contributed by atoms with van der Waals surface area (Å²) in [5.74, 6) is 0. The molecule has 4 aromatic rings. The highest BCUT2D eigenvalue weighted by atomic mass is 16.3. The molecule has 0 spiro atoms. The fourth-order valence-corrected chi connectivity index (χ4v) is 3.63. The number of aliphatic hydroxyl groups excluding tert-OH is 1. The fraction of sp³-hybridized carbons (Fsp3) is 0.207. The van der Waals surface area contributed by atoms with Crippen molar-refractivity contribution < 1.29 is 14.7 Å². The van der Waals surface area contributed by atoms with Crippen LogP contribution < -0.4 is 11.1 Å². The number of aryl methyl sites for hydroxylation is 1. The lowest BCUT2D eigenvalue weighted by molar-refractivity contribution is -0.0980. The average molecular weight is 487 g/mol. The molecule has 1 aromatic heterocycles. The number of nitrogens with one attached hydrogen (secondary N) is 1. The number of aliphatic hydroxyl groups is 1. The van der Waals surface area contributed by atoms with Crippen molar-refractivity contribution in [3.8, 4) is 0 Å². The van der Waals surface area contributed by atoms with Crippen LogP contribution in [0.15, 0.2) is 85.1 Å². The number of anilines is 2. The van der Waals surface area contributed by atoms with Crippen LogP contribution in [-0.2, 0) is 11.4 Å². The third-order valence-electron chi connectivity index (χ3n) is 5.53. The van der Waals surface area contributed by atoms with E-state index in [0.717, 1.165) is 47.1 Å². The molecular formula is C29H34N4O3. The first-order valence-electron chi connectivity index (χ1n) is 11.5. The Hall–Kier alpha value is -4.07. The molecule has 1 aliphatic heterocycles. The van der Waals surface area contributed by atoms with Crippen LogP contribution in [0.1, 0.15) is 21.5 Å². The largest absolute Gasteiger partial charge is 0.399 e. The van der Waals surface area contributed by atoms with Crippen LogP contribution >= 0.6 is 0 Å². The number of nitrogens with two attached hydrogens (primary N) is 1. The molecule has 7 nitrogen and oxygen atoms in total. The van der Waals surface area contributed by atoms with E-state index in [0.29, 0.717) is 11.6 Å². The van der Waals surface area contributed by atoms with Gasteiger partial charge in [-0.05, 0) is 55.9 Å². The van der Waals surface area contributed by atoms with Crippen LogP contribution in [0, 0.1) is 6.92 Å². The molecule has 188 valence electrons. The van der Waals surface area contributed by atoms with Crippen molar-refractivity contribution in [3.63, 3.8) is 0 Å². The predicted molar refractivity (Wildman–Crippen MR) is 147 cm³/mol. The number of fused-ring (bicyclic) bond motifs is 1.